The number of ether oxygens (including phenoxy) is 1. The van der Waals surface area contributed by atoms with E-state index < -0.39 is 0 Å². The van der Waals surface area contributed by atoms with Gasteiger partial charge in [0.05, 0.1) is 5.41 Å². The van der Waals surface area contributed by atoms with E-state index in [1.54, 1.807) is 0 Å². The summed E-state index contributed by atoms with van der Waals surface area (Å²) >= 11 is 2.33. The van der Waals surface area contributed by atoms with E-state index in [9.17, 15) is 4.79 Å². The minimum absolute atomic E-state index is 0.0346. The predicted molar refractivity (Wildman–Crippen MR) is 61.0 cm³/mol. The zero-order valence-electron chi connectivity index (χ0n) is 8.31. The van der Waals surface area contributed by atoms with E-state index in [2.05, 4.69) is 36.4 Å². The molecule has 1 heterocycles. The van der Waals surface area contributed by atoms with Gasteiger partial charge < -0.3 is 4.74 Å². The summed E-state index contributed by atoms with van der Waals surface area (Å²) in [6.07, 6.45) is 3.96. The average Bonchev–Trinajstić information content (AvgIpc) is 2.44. The Labute approximate surface area is 93.6 Å². The van der Waals surface area contributed by atoms with Crippen LogP contribution in [-0.2, 0) is 9.53 Å². The lowest BCUT2D eigenvalue weighted by molar-refractivity contribution is -0.149. The first-order valence-corrected chi connectivity index (χ1v) is 6.48. The summed E-state index contributed by atoms with van der Waals surface area (Å²) in [7, 11) is 0. The Morgan fingerprint density at radius 3 is 2.54 bits per heavy atom. The molecule has 1 aliphatic heterocycles. The molecule has 1 fully saturated rings. The summed E-state index contributed by atoms with van der Waals surface area (Å²) in [6, 6.07) is 0. The largest absolute Gasteiger partial charge is 0.462 e. The zero-order valence-corrected chi connectivity index (χ0v) is 10.5. The van der Waals surface area contributed by atoms with Gasteiger partial charge >= 0.3 is 5.97 Å². The Morgan fingerprint density at radius 1 is 1.54 bits per heavy atom. The summed E-state index contributed by atoms with van der Waals surface area (Å²) in [5.41, 5.74) is -0.156. The van der Waals surface area contributed by atoms with Gasteiger partial charge in [0.1, 0.15) is 6.10 Å². The van der Waals surface area contributed by atoms with E-state index in [4.69, 9.17) is 4.74 Å². The molecule has 13 heavy (non-hydrogen) atoms. The van der Waals surface area contributed by atoms with Crippen LogP contribution in [0.5, 0.6) is 0 Å². The molecule has 1 saturated heterocycles. The minimum Gasteiger partial charge on any atom is -0.462 e. The van der Waals surface area contributed by atoms with Crippen LogP contribution in [0.25, 0.3) is 0 Å². The molecular formula is C10H17IO2. The van der Waals surface area contributed by atoms with Crippen molar-refractivity contribution in [2.45, 2.75) is 45.6 Å². The highest BCUT2D eigenvalue weighted by molar-refractivity contribution is 14.1. The Morgan fingerprint density at radius 2 is 2.15 bits per heavy atom. The van der Waals surface area contributed by atoms with Crippen LogP contribution in [0.1, 0.15) is 39.5 Å². The molecule has 0 saturated carbocycles. The van der Waals surface area contributed by atoms with Crippen molar-refractivity contribution in [3.63, 3.8) is 0 Å². The van der Waals surface area contributed by atoms with Crippen molar-refractivity contribution < 1.29 is 9.53 Å². The third-order valence-corrected chi connectivity index (χ3v) is 3.73. The molecule has 0 aromatic heterocycles. The topological polar surface area (TPSA) is 26.3 Å². The second-order valence-electron chi connectivity index (χ2n) is 3.70. The van der Waals surface area contributed by atoms with Gasteiger partial charge in [0.15, 0.2) is 0 Å². The highest BCUT2D eigenvalue weighted by Crippen LogP contribution is 2.41. The van der Waals surface area contributed by atoms with E-state index in [-0.39, 0.29) is 17.5 Å². The van der Waals surface area contributed by atoms with Crippen molar-refractivity contribution in [3.05, 3.63) is 0 Å². The van der Waals surface area contributed by atoms with E-state index >= 15 is 0 Å². The van der Waals surface area contributed by atoms with Crippen molar-refractivity contribution in [3.8, 4) is 0 Å². The van der Waals surface area contributed by atoms with Crippen molar-refractivity contribution >= 4 is 28.6 Å². The normalized spacial score (nSPS) is 26.1. The maximum absolute atomic E-state index is 11.6. The lowest BCUT2D eigenvalue weighted by Gasteiger charge is -2.19. The van der Waals surface area contributed by atoms with Crippen LogP contribution in [0, 0.1) is 5.41 Å². The first-order chi connectivity index (χ1) is 6.18. The smallest absolute Gasteiger partial charge is 0.312 e. The molecular weight excluding hydrogens is 279 g/mol. The van der Waals surface area contributed by atoms with Crippen molar-refractivity contribution in [1.82, 2.24) is 0 Å². The summed E-state index contributed by atoms with van der Waals surface area (Å²) in [5, 5.41) is 0. The number of halogens is 1. The van der Waals surface area contributed by atoms with Crippen LogP contribution in [0.2, 0.25) is 0 Å². The molecule has 2 nitrogen and oxygen atoms in total. The van der Waals surface area contributed by atoms with Gasteiger partial charge in [0, 0.05) is 10.8 Å². The van der Waals surface area contributed by atoms with Gasteiger partial charge in [-0.2, -0.15) is 0 Å². The van der Waals surface area contributed by atoms with Crippen LogP contribution in [0.3, 0.4) is 0 Å². The Balaban J connectivity index is 2.63. The quantitative estimate of drug-likeness (QED) is 0.453. The number of rotatable bonds is 4. The average molecular weight is 296 g/mol. The van der Waals surface area contributed by atoms with Crippen LogP contribution in [0.4, 0.5) is 0 Å². The monoisotopic (exact) mass is 296 g/mol. The van der Waals surface area contributed by atoms with E-state index in [0.717, 1.165) is 30.1 Å². The standard InChI is InChI=1S/C10H17IO2/c1-3-10(4-2)7-8(5-6-11)13-9(10)12/h8H,3-7H2,1-2H3. The molecule has 0 aromatic rings. The number of alkyl halides is 1. The van der Waals surface area contributed by atoms with Gasteiger partial charge in [0.2, 0.25) is 0 Å². The van der Waals surface area contributed by atoms with Crippen molar-refractivity contribution in [2.75, 3.05) is 4.43 Å². The fourth-order valence-corrected chi connectivity index (χ4v) is 2.64. The molecule has 0 aromatic carbocycles. The highest BCUT2D eigenvalue weighted by Gasteiger charge is 2.45. The molecule has 0 aliphatic carbocycles. The lowest BCUT2D eigenvalue weighted by atomic mass is 9.79. The highest BCUT2D eigenvalue weighted by atomic mass is 127. The molecule has 0 bridgehead atoms. The molecule has 76 valence electrons. The predicted octanol–water partition coefficient (Wildman–Crippen LogP) is 2.93. The summed E-state index contributed by atoms with van der Waals surface area (Å²) in [4.78, 5) is 11.6. The van der Waals surface area contributed by atoms with Gasteiger partial charge in [-0.3, -0.25) is 4.79 Å². The van der Waals surface area contributed by atoms with Crippen LogP contribution in [0.15, 0.2) is 0 Å². The summed E-state index contributed by atoms with van der Waals surface area (Å²) in [6.45, 7) is 4.16. The summed E-state index contributed by atoms with van der Waals surface area (Å²) < 4.78 is 6.42. The van der Waals surface area contributed by atoms with E-state index in [1.807, 2.05) is 0 Å². The Kier molecular flexibility index (Phi) is 4.01. The molecule has 1 rings (SSSR count). The number of hydrogen-bond acceptors (Lipinski definition) is 2. The fourth-order valence-electron chi connectivity index (χ4n) is 1.95. The van der Waals surface area contributed by atoms with Gasteiger partial charge in [-0.15, -0.1) is 0 Å². The number of esters is 1. The third kappa shape index (κ3) is 2.17. The molecule has 0 amide bonds. The fraction of sp³-hybridized carbons (Fsp3) is 0.900. The van der Waals surface area contributed by atoms with Crippen LogP contribution < -0.4 is 0 Å². The van der Waals surface area contributed by atoms with Gasteiger partial charge in [-0.1, -0.05) is 36.4 Å². The number of cyclic esters (lactones) is 1. The molecule has 1 aliphatic rings. The Hall–Kier alpha value is 0.200. The third-order valence-electron chi connectivity index (χ3n) is 3.11. The maximum Gasteiger partial charge on any atom is 0.312 e. The van der Waals surface area contributed by atoms with E-state index in [0.29, 0.717) is 0 Å². The Bertz CT molecular complexity index is 187. The van der Waals surface area contributed by atoms with Gasteiger partial charge in [0.25, 0.3) is 0 Å². The first-order valence-electron chi connectivity index (χ1n) is 4.95. The first kappa shape index (κ1) is 11.3. The molecule has 0 N–H and O–H groups in total. The van der Waals surface area contributed by atoms with Crippen molar-refractivity contribution in [2.24, 2.45) is 5.41 Å². The van der Waals surface area contributed by atoms with Crippen LogP contribution >= 0.6 is 22.6 Å². The van der Waals surface area contributed by atoms with Crippen LogP contribution in [-0.4, -0.2) is 16.5 Å². The number of carbonyl (C=O) groups is 1. The lowest BCUT2D eigenvalue weighted by Crippen LogP contribution is -2.24. The SMILES string of the molecule is CCC1(CC)CC(CCI)OC1=O. The molecule has 1 atom stereocenters. The maximum atomic E-state index is 11.6. The van der Waals surface area contributed by atoms with Gasteiger partial charge in [-0.05, 0) is 19.3 Å². The van der Waals surface area contributed by atoms with Gasteiger partial charge in [-0.25, -0.2) is 0 Å². The number of hydrogen-bond donors (Lipinski definition) is 0. The second kappa shape index (κ2) is 4.62. The molecule has 0 spiro atoms. The molecule has 1 unspecified atom stereocenters. The zero-order chi connectivity index (χ0) is 9.90. The summed E-state index contributed by atoms with van der Waals surface area (Å²) in [5.74, 6) is 0.0346. The van der Waals surface area contributed by atoms with Crippen molar-refractivity contribution in [1.29, 1.82) is 0 Å². The minimum atomic E-state index is -0.156. The molecule has 0 radical (unpaired) electrons. The number of carbonyl (C=O) groups excluding carboxylic acids is 1. The van der Waals surface area contributed by atoms with E-state index in [1.165, 1.54) is 0 Å². The molecule has 3 heteroatoms. The second-order valence-corrected chi connectivity index (χ2v) is 4.78.